The lowest BCUT2D eigenvalue weighted by atomic mass is 10.1. The van der Waals surface area contributed by atoms with E-state index in [0.29, 0.717) is 53.2 Å². The molecule has 5 aromatic rings. The second-order valence-electron chi connectivity index (χ2n) is 12.7. The topological polar surface area (TPSA) is 109 Å². The molecule has 10 nitrogen and oxygen atoms in total. The summed E-state index contributed by atoms with van der Waals surface area (Å²) < 4.78 is 52.4. The number of halogens is 3. The summed E-state index contributed by atoms with van der Waals surface area (Å²) in [6, 6.07) is 9.03. The predicted molar refractivity (Wildman–Crippen MR) is 161 cm³/mol. The monoisotopic (exact) mass is 618 g/mol. The van der Waals surface area contributed by atoms with Gasteiger partial charge in [0.1, 0.15) is 16.9 Å². The molecule has 4 aromatic heterocycles. The highest BCUT2D eigenvalue weighted by molar-refractivity contribution is 6.00. The van der Waals surface area contributed by atoms with Gasteiger partial charge in [0, 0.05) is 56.4 Å². The Kier molecular flexibility index (Phi) is 6.12. The Labute approximate surface area is 256 Å². The maximum atomic E-state index is 13.8. The molecule has 1 saturated heterocycles. The van der Waals surface area contributed by atoms with Crippen LogP contribution in [0.4, 0.5) is 13.2 Å². The number of carbonyl (C=O) groups excluding carboxylic acids is 1. The van der Waals surface area contributed by atoms with Gasteiger partial charge in [-0.25, -0.2) is 9.97 Å². The molecule has 1 amide bonds. The first-order valence-corrected chi connectivity index (χ1v) is 15.2. The molecular formula is C32H33F3N8O2. The average Bonchev–Trinajstić information content (AvgIpc) is 3.25. The third-order valence-corrected chi connectivity index (χ3v) is 9.80. The van der Waals surface area contributed by atoms with Gasteiger partial charge >= 0.3 is 6.18 Å². The number of amides is 1. The Hall–Kier alpha value is -4.39. The average molecular weight is 619 g/mol. The molecule has 3 aliphatic rings. The van der Waals surface area contributed by atoms with Crippen molar-refractivity contribution in [2.24, 2.45) is 31.7 Å². The number of carbonyl (C=O) groups is 1. The van der Waals surface area contributed by atoms with Gasteiger partial charge in [-0.3, -0.25) is 9.48 Å². The molecule has 3 atom stereocenters. The van der Waals surface area contributed by atoms with Crippen molar-refractivity contribution < 1.29 is 22.7 Å². The maximum Gasteiger partial charge on any atom is 0.435 e. The minimum Gasteiger partial charge on any atom is -0.494 e. The van der Waals surface area contributed by atoms with E-state index in [0.717, 1.165) is 47.0 Å². The van der Waals surface area contributed by atoms with E-state index in [2.05, 4.69) is 9.67 Å². The molecule has 2 unspecified atom stereocenters. The van der Waals surface area contributed by atoms with E-state index in [1.54, 1.807) is 25.3 Å². The number of aryl methyl sites for hydroxylation is 2. The number of hydrogen-bond donors (Lipinski definition) is 1. The fraction of sp³-hybridized carbons (Fsp3) is 0.438. The number of ether oxygens (including phenoxy) is 1. The summed E-state index contributed by atoms with van der Waals surface area (Å²) in [5, 5.41) is 4.46. The molecule has 234 valence electrons. The van der Waals surface area contributed by atoms with Crippen LogP contribution in [0.2, 0.25) is 0 Å². The Morgan fingerprint density at radius 2 is 1.89 bits per heavy atom. The molecule has 45 heavy (non-hydrogen) atoms. The third kappa shape index (κ3) is 4.42. The quantitative estimate of drug-likeness (QED) is 0.287. The molecule has 0 spiro atoms. The van der Waals surface area contributed by atoms with E-state index < -0.39 is 11.9 Å². The van der Waals surface area contributed by atoms with Crippen molar-refractivity contribution >= 4 is 28.0 Å². The summed E-state index contributed by atoms with van der Waals surface area (Å²) in [6.45, 7) is 1.33. The summed E-state index contributed by atoms with van der Waals surface area (Å²) in [5.74, 6) is 1.90. The van der Waals surface area contributed by atoms with Gasteiger partial charge in [0.15, 0.2) is 11.5 Å². The fourth-order valence-corrected chi connectivity index (χ4v) is 7.36. The van der Waals surface area contributed by atoms with Crippen molar-refractivity contribution in [1.29, 1.82) is 0 Å². The summed E-state index contributed by atoms with van der Waals surface area (Å²) in [4.78, 5) is 25.4. The molecule has 3 fully saturated rings. The summed E-state index contributed by atoms with van der Waals surface area (Å²) in [5.41, 5.74) is 8.80. The van der Waals surface area contributed by atoms with Crippen LogP contribution in [-0.4, -0.2) is 65.4 Å². The zero-order chi connectivity index (χ0) is 31.4. The van der Waals surface area contributed by atoms with E-state index >= 15 is 0 Å². The first-order chi connectivity index (χ1) is 21.5. The maximum absolute atomic E-state index is 13.8. The van der Waals surface area contributed by atoms with Gasteiger partial charge in [0.25, 0.3) is 5.91 Å². The molecule has 8 rings (SSSR count). The molecular weight excluding hydrogens is 585 g/mol. The first-order valence-electron chi connectivity index (χ1n) is 15.2. The molecule has 2 saturated carbocycles. The van der Waals surface area contributed by atoms with Crippen LogP contribution in [0.15, 0.2) is 36.5 Å². The van der Waals surface area contributed by atoms with Crippen LogP contribution in [0.25, 0.3) is 44.8 Å². The van der Waals surface area contributed by atoms with E-state index in [-0.39, 0.29) is 29.2 Å². The number of likely N-dealkylation sites (tertiary alicyclic amines) is 1. The summed E-state index contributed by atoms with van der Waals surface area (Å²) in [7, 11) is 4.94. The molecule has 13 heteroatoms. The second kappa shape index (κ2) is 9.80. The van der Waals surface area contributed by atoms with Gasteiger partial charge in [0.2, 0.25) is 0 Å². The lowest BCUT2D eigenvalue weighted by molar-refractivity contribution is -0.141. The minimum absolute atomic E-state index is 0.0155. The SMILES string of the molecule is COc1cc(C(=O)N2CC3CCC2[C@@H]3N)cc2nc(-c3cc4ccc(-c5cn(C)nc5C(F)(F)F)nc4n3CC3CC3)n(C)c12. The van der Waals surface area contributed by atoms with E-state index in [4.69, 9.17) is 20.4 Å². The number of hydrogen-bond acceptors (Lipinski definition) is 6. The first kappa shape index (κ1) is 28.1. The van der Waals surface area contributed by atoms with Gasteiger partial charge in [0.05, 0.1) is 29.6 Å². The number of methoxy groups -OCH3 is 1. The van der Waals surface area contributed by atoms with Crippen LogP contribution >= 0.6 is 0 Å². The van der Waals surface area contributed by atoms with Crippen molar-refractivity contribution in [3.63, 3.8) is 0 Å². The highest BCUT2D eigenvalue weighted by Gasteiger charge is 2.47. The number of nitrogens with zero attached hydrogens (tertiary/aromatic N) is 7. The van der Waals surface area contributed by atoms with Crippen molar-refractivity contribution in [3.05, 3.63) is 47.8 Å². The van der Waals surface area contributed by atoms with Crippen LogP contribution in [0.5, 0.6) is 5.75 Å². The molecule has 1 aliphatic heterocycles. The summed E-state index contributed by atoms with van der Waals surface area (Å²) in [6.07, 6.45) is 0.862. The van der Waals surface area contributed by atoms with Crippen LogP contribution < -0.4 is 10.5 Å². The molecule has 5 heterocycles. The van der Waals surface area contributed by atoms with Gasteiger partial charge in [-0.15, -0.1) is 0 Å². The number of fused-ring (bicyclic) bond motifs is 4. The van der Waals surface area contributed by atoms with Crippen molar-refractivity contribution in [2.75, 3.05) is 13.7 Å². The Bertz CT molecular complexity index is 2000. The zero-order valence-corrected chi connectivity index (χ0v) is 25.2. The standard InChI is InChI=1S/C32H33F3N8O2/c1-40-15-20(28(39-40)32(33,34)35)21-8-6-17-11-24(42(29(17)37-21)13-16-4-5-16)30-38-22-10-19(12-25(45-3)27(22)41(30)2)31(44)43-14-18-7-9-23(43)26(18)36/h6,8,10-12,15-16,18,23,26H,4-5,7,9,13-14,36H2,1-3H3/t18?,23?,26-/m1/s1. The number of pyridine rings is 1. The largest absolute Gasteiger partial charge is 0.494 e. The number of benzene rings is 1. The minimum atomic E-state index is -4.61. The van der Waals surface area contributed by atoms with Crippen LogP contribution in [0.1, 0.15) is 41.7 Å². The Morgan fingerprint density at radius 1 is 1.09 bits per heavy atom. The van der Waals surface area contributed by atoms with Crippen LogP contribution in [0, 0.1) is 11.8 Å². The normalized spacial score (nSPS) is 21.5. The van der Waals surface area contributed by atoms with E-state index in [9.17, 15) is 18.0 Å². The zero-order valence-electron chi connectivity index (χ0n) is 25.2. The molecule has 2 bridgehead atoms. The predicted octanol–water partition coefficient (Wildman–Crippen LogP) is 4.99. The van der Waals surface area contributed by atoms with Crippen molar-refractivity contribution in [1.82, 2.24) is 33.8 Å². The number of nitrogens with two attached hydrogens (primary N) is 1. The number of piperidine rings is 1. The number of imidazole rings is 1. The smallest absolute Gasteiger partial charge is 0.435 e. The summed E-state index contributed by atoms with van der Waals surface area (Å²) >= 11 is 0. The molecule has 0 radical (unpaired) electrons. The van der Waals surface area contributed by atoms with Gasteiger partial charge in [-0.05, 0) is 67.9 Å². The highest BCUT2D eigenvalue weighted by atomic mass is 19.4. The lowest BCUT2D eigenvalue weighted by Crippen LogP contribution is -2.41. The number of alkyl halides is 3. The number of rotatable bonds is 6. The van der Waals surface area contributed by atoms with Crippen molar-refractivity contribution in [3.8, 4) is 28.5 Å². The molecule has 2 aliphatic carbocycles. The molecule has 2 N–H and O–H groups in total. The Morgan fingerprint density at radius 3 is 2.56 bits per heavy atom. The van der Waals surface area contributed by atoms with Gasteiger partial charge in [-0.2, -0.15) is 18.3 Å². The highest BCUT2D eigenvalue weighted by Crippen LogP contribution is 2.41. The molecule has 1 aromatic carbocycles. The second-order valence-corrected chi connectivity index (χ2v) is 12.7. The van der Waals surface area contributed by atoms with Crippen molar-refractivity contribution in [2.45, 2.75) is 50.5 Å². The third-order valence-electron chi connectivity index (χ3n) is 9.80. The Balaban J connectivity index is 1.25. The van der Waals surface area contributed by atoms with Crippen LogP contribution in [-0.2, 0) is 26.8 Å². The van der Waals surface area contributed by atoms with E-state index in [1.165, 1.54) is 13.2 Å². The lowest BCUT2D eigenvalue weighted by Gasteiger charge is -2.27. The van der Waals surface area contributed by atoms with Gasteiger partial charge < -0.3 is 24.5 Å². The fourth-order valence-electron chi connectivity index (χ4n) is 7.36. The van der Waals surface area contributed by atoms with Crippen LogP contribution in [0.3, 0.4) is 0 Å². The van der Waals surface area contributed by atoms with E-state index in [1.807, 2.05) is 28.6 Å². The number of aromatic nitrogens is 6. The van der Waals surface area contributed by atoms with Gasteiger partial charge in [-0.1, -0.05) is 0 Å².